The maximum Gasteiger partial charge on any atom is 0.410 e. The largest absolute Gasteiger partial charge is 0.444 e. The van der Waals surface area contributed by atoms with Crippen LogP contribution >= 0.6 is 0 Å². The molecule has 1 amide bonds. The highest BCUT2D eigenvalue weighted by Crippen LogP contribution is 2.35. The molecular formula is C14H28N2O2. The lowest BCUT2D eigenvalue weighted by molar-refractivity contribution is -0.00952. The first-order valence-corrected chi connectivity index (χ1v) is 6.90. The first-order valence-electron chi connectivity index (χ1n) is 6.90. The summed E-state index contributed by atoms with van der Waals surface area (Å²) < 4.78 is 5.48. The second-order valence-corrected chi connectivity index (χ2v) is 6.70. The van der Waals surface area contributed by atoms with E-state index < -0.39 is 5.60 Å². The van der Waals surface area contributed by atoms with E-state index in [9.17, 15) is 4.79 Å². The first-order chi connectivity index (χ1) is 8.21. The van der Waals surface area contributed by atoms with Gasteiger partial charge in [-0.2, -0.15) is 0 Å². The average molecular weight is 256 g/mol. The summed E-state index contributed by atoms with van der Waals surface area (Å²) in [6.45, 7) is 11.4. The van der Waals surface area contributed by atoms with Crippen molar-refractivity contribution < 1.29 is 9.53 Å². The fourth-order valence-electron chi connectivity index (χ4n) is 2.36. The highest BCUT2D eigenvalue weighted by atomic mass is 16.6. The molecule has 0 aromatic rings. The van der Waals surface area contributed by atoms with Crippen molar-refractivity contribution in [3.05, 3.63) is 0 Å². The van der Waals surface area contributed by atoms with Gasteiger partial charge < -0.3 is 15.4 Å². The molecule has 18 heavy (non-hydrogen) atoms. The molecule has 0 radical (unpaired) electrons. The Kier molecular flexibility index (Phi) is 4.65. The highest BCUT2D eigenvalue weighted by Gasteiger charge is 2.38. The smallest absolute Gasteiger partial charge is 0.410 e. The van der Waals surface area contributed by atoms with Crippen molar-refractivity contribution in [1.82, 2.24) is 4.90 Å². The summed E-state index contributed by atoms with van der Waals surface area (Å²) in [4.78, 5) is 14.1. The van der Waals surface area contributed by atoms with Gasteiger partial charge in [-0.1, -0.05) is 13.8 Å². The minimum absolute atomic E-state index is 0.125. The molecule has 0 saturated carbocycles. The Morgan fingerprint density at radius 1 is 1.50 bits per heavy atom. The van der Waals surface area contributed by atoms with Crippen molar-refractivity contribution in [2.75, 3.05) is 13.1 Å². The van der Waals surface area contributed by atoms with E-state index in [1.165, 1.54) is 0 Å². The van der Waals surface area contributed by atoms with E-state index in [0.29, 0.717) is 6.54 Å². The predicted molar refractivity (Wildman–Crippen MR) is 73.4 cm³/mol. The van der Waals surface area contributed by atoms with E-state index in [1.807, 2.05) is 25.7 Å². The van der Waals surface area contributed by atoms with Crippen LogP contribution in [-0.2, 0) is 4.74 Å². The predicted octanol–water partition coefficient (Wildman–Crippen LogP) is 2.76. The van der Waals surface area contributed by atoms with Crippen molar-refractivity contribution in [2.24, 2.45) is 11.1 Å². The Labute approximate surface area is 111 Å². The fraction of sp³-hybridized carbons (Fsp3) is 0.929. The van der Waals surface area contributed by atoms with Crippen LogP contribution in [0.2, 0.25) is 0 Å². The Balaban J connectivity index is 2.77. The number of carbonyl (C=O) groups is 1. The quantitative estimate of drug-likeness (QED) is 0.826. The standard InChI is InChI=1S/C14H28N2O2/c1-6-14(5)8-7-11(9-15)16(10-14)12(17)18-13(2,3)4/h11H,6-10,15H2,1-5H3/t11-,14+/m0/s1. The molecule has 0 bridgehead atoms. The fourth-order valence-corrected chi connectivity index (χ4v) is 2.36. The highest BCUT2D eigenvalue weighted by molar-refractivity contribution is 5.68. The van der Waals surface area contributed by atoms with Gasteiger partial charge in [0.15, 0.2) is 0 Å². The third kappa shape index (κ3) is 3.87. The van der Waals surface area contributed by atoms with Crippen LogP contribution in [0.4, 0.5) is 4.79 Å². The molecular weight excluding hydrogens is 228 g/mol. The van der Waals surface area contributed by atoms with Gasteiger partial charge in [-0.3, -0.25) is 0 Å². The second kappa shape index (κ2) is 5.47. The van der Waals surface area contributed by atoms with Gasteiger partial charge in [0.05, 0.1) is 0 Å². The number of nitrogens with zero attached hydrogens (tertiary/aromatic N) is 1. The van der Waals surface area contributed by atoms with E-state index in [0.717, 1.165) is 25.8 Å². The van der Waals surface area contributed by atoms with Crippen LogP contribution in [0.3, 0.4) is 0 Å². The lowest BCUT2D eigenvalue weighted by Gasteiger charge is -2.44. The number of rotatable bonds is 2. The van der Waals surface area contributed by atoms with E-state index in [4.69, 9.17) is 10.5 Å². The summed E-state index contributed by atoms with van der Waals surface area (Å²) >= 11 is 0. The van der Waals surface area contributed by atoms with Gasteiger partial charge in [0, 0.05) is 19.1 Å². The lowest BCUT2D eigenvalue weighted by atomic mass is 9.77. The van der Waals surface area contributed by atoms with Crippen LogP contribution in [-0.4, -0.2) is 35.7 Å². The second-order valence-electron chi connectivity index (χ2n) is 6.70. The van der Waals surface area contributed by atoms with Crippen molar-refractivity contribution in [2.45, 2.75) is 65.5 Å². The van der Waals surface area contributed by atoms with E-state index >= 15 is 0 Å². The molecule has 2 N–H and O–H groups in total. The average Bonchev–Trinajstić information content (AvgIpc) is 2.27. The molecule has 0 unspecified atom stereocenters. The molecule has 2 atom stereocenters. The van der Waals surface area contributed by atoms with Gasteiger partial charge in [-0.05, 0) is 45.4 Å². The Morgan fingerprint density at radius 2 is 2.11 bits per heavy atom. The van der Waals surface area contributed by atoms with Gasteiger partial charge in [0.1, 0.15) is 5.60 Å². The zero-order valence-electron chi connectivity index (χ0n) is 12.5. The topological polar surface area (TPSA) is 55.6 Å². The van der Waals surface area contributed by atoms with Crippen LogP contribution in [0.1, 0.15) is 53.9 Å². The summed E-state index contributed by atoms with van der Waals surface area (Å²) in [5, 5.41) is 0. The first kappa shape index (κ1) is 15.3. The van der Waals surface area contributed by atoms with Gasteiger partial charge >= 0.3 is 6.09 Å². The maximum atomic E-state index is 12.2. The molecule has 4 heteroatoms. The minimum atomic E-state index is -0.448. The number of nitrogens with two attached hydrogens (primary N) is 1. The van der Waals surface area contributed by atoms with Gasteiger partial charge in [-0.15, -0.1) is 0 Å². The van der Waals surface area contributed by atoms with Crippen molar-refractivity contribution in [3.63, 3.8) is 0 Å². The van der Waals surface area contributed by atoms with Crippen LogP contribution in [0.25, 0.3) is 0 Å². The number of hydrogen-bond acceptors (Lipinski definition) is 3. The van der Waals surface area contributed by atoms with Gasteiger partial charge in [0.2, 0.25) is 0 Å². The normalized spacial score (nSPS) is 29.2. The summed E-state index contributed by atoms with van der Waals surface area (Å²) in [5.74, 6) is 0. The number of hydrogen-bond donors (Lipinski definition) is 1. The number of carbonyl (C=O) groups excluding carboxylic acids is 1. The lowest BCUT2D eigenvalue weighted by Crippen LogP contribution is -2.54. The minimum Gasteiger partial charge on any atom is -0.444 e. The Bertz CT molecular complexity index is 299. The van der Waals surface area contributed by atoms with Crippen LogP contribution in [0.5, 0.6) is 0 Å². The number of likely N-dealkylation sites (tertiary alicyclic amines) is 1. The summed E-state index contributed by atoms with van der Waals surface area (Å²) in [6, 6.07) is 0.125. The summed E-state index contributed by atoms with van der Waals surface area (Å²) in [7, 11) is 0. The summed E-state index contributed by atoms with van der Waals surface area (Å²) in [6.07, 6.45) is 2.95. The third-order valence-electron chi connectivity index (χ3n) is 3.83. The van der Waals surface area contributed by atoms with Crippen molar-refractivity contribution in [3.8, 4) is 0 Å². The maximum absolute atomic E-state index is 12.2. The zero-order chi connectivity index (χ0) is 14.0. The van der Waals surface area contributed by atoms with Crippen molar-refractivity contribution in [1.29, 1.82) is 0 Å². The molecule has 1 aliphatic rings. The van der Waals surface area contributed by atoms with Crippen LogP contribution in [0, 0.1) is 5.41 Å². The molecule has 0 aliphatic carbocycles. The molecule has 4 nitrogen and oxygen atoms in total. The van der Waals surface area contributed by atoms with Gasteiger partial charge in [-0.25, -0.2) is 4.79 Å². The molecule has 1 heterocycles. The molecule has 1 rings (SSSR count). The molecule has 1 fully saturated rings. The Hall–Kier alpha value is -0.770. The number of piperidine rings is 1. The third-order valence-corrected chi connectivity index (χ3v) is 3.83. The zero-order valence-corrected chi connectivity index (χ0v) is 12.5. The molecule has 0 aromatic heterocycles. The van der Waals surface area contributed by atoms with Crippen molar-refractivity contribution >= 4 is 6.09 Å². The monoisotopic (exact) mass is 256 g/mol. The SMILES string of the molecule is CC[C@]1(C)CC[C@@H](CN)N(C(=O)OC(C)(C)C)C1. The molecule has 0 aromatic carbocycles. The van der Waals surface area contributed by atoms with E-state index in [2.05, 4.69) is 13.8 Å². The molecule has 106 valence electrons. The van der Waals surface area contributed by atoms with E-state index in [-0.39, 0.29) is 17.6 Å². The van der Waals surface area contributed by atoms with E-state index in [1.54, 1.807) is 0 Å². The number of amides is 1. The van der Waals surface area contributed by atoms with Crippen LogP contribution in [0.15, 0.2) is 0 Å². The molecule has 0 spiro atoms. The summed E-state index contributed by atoms with van der Waals surface area (Å²) in [5.41, 5.74) is 5.52. The molecule has 1 aliphatic heterocycles. The molecule has 1 saturated heterocycles. The van der Waals surface area contributed by atoms with Crippen LogP contribution < -0.4 is 5.73 Å². The number of ether oxygens (including phenoxy) is 1. The Morgan fingerprint density at radius 3 is 2.56 bits per heavy atom. The van der Waals surface area contributed by atoms with Gasteiger partial charge in [0.25, 0.3) is 0 Å².